The van der Waals surface area contributed by atoms with Crippen molar-refractivity contribution in [2.45, 2.75) is 19.3 Å². The Labute approximate surface area is 118 Å². The average Bonchev–Trinajstić information content (AvgIpc) is 2.47. The molecule has 0 aliphatic carbocycles. The molecule has 0 saturated carbocycles. The minimum Gasteiger partial charge on any atom is -0.497 e. The smallest absolute Gasteiger partial charge is 0.303 e. The third-order valence-electron chi connectivity index (χ3n) is 3.23. The maximum absolute atomic E-state index is 10.8. The summed E-state index contributed by atoms with van der Waals surface area (Å²) in [6, 6.07) is 9.69. The fourth-order valence-corrected chi connectivity index (χ4v) is 2.05. The Morgan fingerprint density at radius 2 is 1.95 bits per heavy atom. The highest BCUT2D eigenvalue weighted by molar-refractivity contribution is 5.68. The van der Waals surface area contributed by atoms with Crippen molar-refractivity contribution >= 4 is 5.97 Å². The van der Waals surface area contributed by atoms with E-state index in [9.17, 15) is 4.79 Å². The Hall–Kier alpha value is -2.36. The van der Waals surface area contributed by atoms with Crippen LogP contribution in [0, 0.1) is 0 Å². The highest BCUT2D eigenvalue weighted by Crippen LogP contribution is 2.26. The van der Waals surface area contributed by atoms with Gasteiger partial charge in [-0.3, -0.25) is 9.78 Å². The molecule has 1 unspecified atom stereocenters. The van der Waals surface area contributed by atoms with Gasteiger partial charge in [0, 0.05) is 18.0 Å². The molecule has 104 valence electrons. The lowest BCUT2D eigenvalue weighted by atomic mass is 9.96. The van der Waals surface area contributed by atoms with Gasteiger partial charge in [-0.05, 0) is 35.2 Å². The Bertz CT molecular complexity index is 593. The van der Waals surface area contributed by atoms with E-state index in [1.807, 2.05) is 37.3 Å². The normalized spacial score (nSPS) is 11.9. The van der Waals surface area contributed by atoms with E-state index in [0.29, 0.717) is 0 Å². The van der Waals surface area contributed by atoms with Gasteiger partial charge >= 0.3 is 5.97 Å². The van der Waals surface area contributed by atoms with Crippen molar-refractivity contribution in [3.63, 3.8) is 0 Å². The first-order valence-electron chi connectivity index (χ1n) is 6.41. The molecular formula is C16H17NO3. The molecule has 0 fully saturated rings. The summed E-state index contributed by atoms with van der Waals surface area (Å²) in [5.74, 6) is -0.0531. The van der Waals surface area contributed by atoms with Gasteiger partial charge in [-0.25, -0.2) is 0 Å². The molecule has 1 heterocycles. The van der Waals surface area contributed by atoms with Crippen LogP contribution in [0.4, 0.5) is 0 Å². The third-order valence-corrected chi connectivity index (χ3v) is 3.23. The number of carboxylic acid groups (broad SMARTS) is 1. The fraction of sp³-hybridized carbons (Fsp3) is 0.250. The number of hydrogen-bond donors (Lipinski definition) is 1. The summed E-state index contributed by atoms with van der Waals surface area (Å²) in [6.07, 6.45) is 3.60. The van der Waals surface area contributed by atoms with Gasteiger partial charge in [0.2, 0.25) is 0 Å². The Balaban J connectivity index is 2.26. The SMILES string of the molecule is COc1ccc(-c2cncc(C(C)CC(=O)O)c2)cc1. The maximum Gasteiger partial charge on any atom is 0.303 e. The van der Waals surface area contributed by atoms with E-state index in [1.165, 1.54) is 0 Å². The van der Waals surface area contributed by atoms with Gasteiger partial charge in [0.1, 0.15) is 5.75 Å². The lowest BCUT2D eigenvalue weighted by Gasteiger charge is -2.10. The first kappa shape index (κ1) is 14.1. The van der Waals surface area contributed by atoms with Gasteiger partial charge in [-0.2, -0.15) is 0 Å². The van der Waals surface area contributed by atoms with Gasteiger partial charge in [-0.15, -0.1) is 0 Å². The summed E-state index contributed by atoms with van der Waals surface area (Å²) >= 11 is 0. The number of aliphatic carboxylic acids is 1. The number of carbonyl (C=O) groups is 1. The topological polar surface area (TPSA) is 59.4 Å². The molecule has 4 heteroatoms. The monoisotopic (exact) mass is 271 g/mol. The molecule has 0 aliphatic heterocycles. The van der Waals surface area contributed by atoms with Crippen molar-refractivity contribution in [3.8, 4) is 16.9 Å². The van der Waals surface area contributed by atoms with Crippen molar-refractivity contribution in [2.75, 3.05) is 7.11 Å². The van der Waals surface area contributed by atoms with Gasteiger partial charge in [0.05, 0.1) is 13.5 Å². The first-order valence-corrected chi connectivity index (χ1v) is 6.41. The van der Waals surface area contributed by atoms with E-state index in [4.69, 9.17) is 9.84 Å². The van der Waals surface area contributed by atoms with Crippen molar-refractivity contribution in [2.24, 2.45) is 0 Å². The lowest BCUT2D eigenvalue weighted by molar-refractivity contribution is -0.137. The van der Waals surface area contributed by atoms with Crippen LogP contribution in [-0.4, -0.2) is 23.2 Å². The molecule has 0 saturated heterocycles. The molecule has 0 bridgehead atoms. The number of aromatic nitrogens is 1. The predicted molar refractivity (Wildman–Crippen MR) is 76.9 cm³/mol. The summed E-state index contributed by atoms with van der Waals surface area (Å²) in [5.41, 5.74) is 2.94. The quantitative estimate of drug-likeness (QED) is 0.906. The predicted octanol–water partition coefficient (Wildman–Crippen LogP) is 3.34. The Morgan fingerprint density at radius 3 is 2.55 bits per heavy atom. The fourth-order valence-electron chi connectivity index (χ4n) is 2.05. The van der Waals surface area contributed by atoms with E-state index in [1.54, 1.807) is 19.5 Å². The molecule has 1 aromatic carbocycles. The van der Waals surface area contributed by atoms with E-state index < -0.39 is 5.97 Å². The molecule has 0 aliphatic rings. The standard InChI is InChI=1S/C16H17NO3/c1-11(7-16(18)19)13-8-14(10-17-9-13)12-3-5-15(20-2)6-4-12/h3-6,8-11H,7H2,1-2H3,(H,18,19). The number of carboxylic acids is 1. The van der Waals surface area contributed by atoms with Gasteiger partial charge in [0.25, 0.3) is 0 Å². The van der Waals surface area contributed by atoms with E-state index in [2.05, 4.69) is 4.98 Å². The van der Waals surface area contributed by atoms with E-state index in [-0.39, 0.29) is 12.3 Å². The maximum atomic E-state index is 10.8. The summed E-state index contributed by atoms with van der Waals surface area (Å²) in [4.78, 5) is 15.0. The van der Waals surface area contributed by atoms with Crippen LogP contribution in [0.15, 0.2) is 42.7 Å². The zero-order valence-electron chi connectivity index (χ0n) is 11.5. The number of nitrogens with zero attached hydrogens (tertiary/aromatic N) is 1. The Morgan fingerprint density at radius 1 is 1.25 bits per heavy atom. The zero-order valence-corrected chi connectivity index (χ0v) is 11.5. The van der Waals surface area contributed by atoms with Gasteiger partial charge in [-0.1, -0.05) is 19.1 Å². The molecule has 1 atom stereocenters. The van der Waals surface area contributed by atoms with Crippen molar-refractivity contribution < 1.29 is 14.6 Å². The highest BCUT2D eigenvalue weighted by atomic mass is 16.5. The van der Waals surface area contributed by atoms with E-state index >= 15 is 0 Å². The molecule has 20 heavy (non-hydrogen) atoms. The molecule has 0 spiro atoms. The van der Waals surface area contributed by atoms with Crippen LogP contribution in [-0.2, 0) is 4.79 Å². The molecule has 4 nitrogen and oxygen atoms in total. The third kappa shape index (κ3) is 3.35. The zero-order chi connectivity index (χ0) is 14.5. The molecule has 2 aromatic rings. The van der Waals surface area contributed by atoms with Crippen LogP contribution >= 0.6 is 0 Å². The number of hydrogen-bond acceptors (Lipinski definition) is 3. The Kier molecular flexibility index (Phi) is 4.35. The molecule has 1 N–H and O–H groups in total. The first-order chi connectivity index (χ1) is 9.60. The van der Waals surface area contributed by atoms with Crippen LogP contribution < -0.4 is 4.74 Å². The van der Waals surface area contributed by atoms with Crippen molar-refractivity contribution in [1.82, 2.24) is 4.98 Å². The minimum absolute atomic E-state index is 0.0572. The molecule has 0 radical (unpaired) electrons. The minimum atomic E-state index is -0.799. The number of ether oxygens (including phenoxy) is 1. The number of methoxy groups -OCH3 is 1. The lowest BCUT2D eigenvalue weighted by Crippen LogP contribution is -2.03. The number of rotatable bonds is 5. The summed E-state index contributed by atoms with van der Waals surface area (Å²) in [6.45, 7) is 1.89. The van der Waals surface area contributed by atoms with Crippen LogP contribution in [0.2, 0.25) is 0 Å². The van der Waals surface area contributed by atoms with Crippen LogP contribution in [0.3, 0.4) is 0 Å². The second kappa shape index (κ2) is 6.19. The van der Waals surface area contributed by atoms with Gasteiger partial charge in [0.15, 0.2) is 0 Å². The average molecular weight is 271 g/mol. The second-order valence-corrected chi connectivity index (χ2v) is 4.73. The summed E-state index contributed by atoms with van der Waals surface area (Å²) < 4.78 is 5.13. The van der Waals surface area contributed by atoms with Crippen LogP contribution in [0.25, 0.3) is 11.1 Å². The molecule has 2 rings (SSSR count). The second-order valence-electron chi connectivity index (χ2n) is 4.73. The summed E-state index contributed by atoms with van der Waals surface area (Å²) in [7, 11) is 1.63. The van der Waals surface area contributed by atoms with Crippen molar-refractivity contribution in [3.05, 3.63) is 48.3 Å². The largest absolute Gasteiger partial charge is 0.497 e. The number of benzene rings is 1. The van der Waals surface area contributed by atoms with E-state index in [0.717, 1.165) is 22.4 Å². The molecule has 1 aromatic heterocycles. The summed E-state index contributed by atoms with van der Waals surface area (Å²) in [5, 5.41) is 8.85. The van der Waals surface area contributed by atoms with Crippen LogP contribution in [0.1, 0.15) is 24.8 Å². The number of pyridine rings is 1. The highest BCUT2D eigenvalue weighted by Gasteiger charge is 2.11. The van der Waals surface area contributed by atoms with Crippen molar-refractivity contribution in [1.29, 1.82) is 0 Å². The van der Waals surface area contributed by atoms with Crippen LogP contribution in [0.5, 0.6) is 5.75 Å². The molecular weight excluding hydrogens is 254 g/mol. The van der Waals surface area contributed by atoms with Gasteiger partial charge < -0.3 is 9.84 Å². The molecule has 0 amide bonds.